The second-order valence-corrected chi connectivity index (χ2v) is 5.93. The van der Waals surface area contributed by atoms with Gasteiger partial charge < -0.3 is 4.74 Å². The van der Waals surface area contributed by atoms with Crippen LogP contribution in [0.2, 0.25) is 5.02 Å². The van der Waals surface area contributed by atoms with Gasteiger partial charge in [0.1, 0.15) is 17.8 Å². The summed E-state index contributed by atoms with van der Waals surface area (Å²) in [4.78, 5) is 26.0. The van der Waals surface area contributed by atoms with E-state index < -0.39 is 10.9 Å². The number of aromatic nitrogens is 1. The van der Waals surface area contributed by atoms with Crippen molar-refractivity contribution in [2.24, 2.45) is 5.10 Å². The number of nitrogens with zero attached hydrogens (tertiary/aromatic N) is 3. The molecule has 0 atom stereocenters. The Morgan fingerprint density at radius 3 is 2.43 bits per heavy atom. The second kappa shape index (κ2) is 8.74. The van der Waals surface area contributed by atoms with Crippen molar-refractivity contribution in [3.63, 3.8) is 0 Å². The number of carbonyl (C=O) groups excluding carboxylic acids is 1. The van der Waals surface area contributed by atoms with Crippen LogP contribution >= 0.6 is 11.6 Å². The summed E-state index contributed by atoms with van der Waals surface area (Å²) in [5, 5.41) is 15.1. The van der Waals surface area contributed by atoms with Gasteiger partial charge in [0.25, 0.3) is 5.69 Å². The number of hydrogen-bond acceptors (Lipinski definition) is 7. The van der Waals surface area contributed by atoms with Crippen molar-refractivity contribution in [1.29, 1.82) is 0 Å². The predicted molar refractivity (Wildman–Crippen MR) is 105 cm³/mol. The third-order valence-electron chi connectivity index (χ3n) is 3.52. The summed E-state index contributed by atoms with van der Waals surface area (Å²) in [7, 11) is 0. The minimum atomic E-state index is -0.526. The lowest BCUT2D eigenvalue weighted by molar-refractivity contribution is -0.385. The van der Waals surface area contributed by atoms with Crippen LogP contribution in [-0.4, -0.2) is 22.1 Å². The van der Waals surface area contributed by atoms with Gasteiger partial charge in [-0.1, -0.05) is 11.6 Å². The normalized spacial score (nSPS) is 10.6. The van der Waals surface area contributed by atoms with Crippen LogP contribution in [0.3, 0.4) is 0 Å². The molecule has 3 rings (SSSR count). The number of esters is 1. The standard InChI is InChI=1S/C19H13ClN4O4/c20-15-5-3-14(4-6-15)19(25)28-17-8-1-13(2-9-17)11-22-23-18-10-7-16(12-21-18)24(26)27/h1-12H,(H,21,23)/b22-11-. The smallest absolute Gasteiger partial charge is 0.343 e. The fraction of sp³-hybridized carbons (Fsp3) is 0. The number of nitro groups is 1. The Morgan fingerprint density at radius 1 is 1.11 bits per heavy atom. The number of rotatable bonds is 6. The van der Waals surface area contributed by atoms with E-state index in [1.807, 2.05) is 0 Å². The molecule has 0 fully saturated rings. The summed E-state index contributed by atoms with van der Waals surface area (Å²) >= 11 is 5.79. The second-order valence-electron chi connectivity index (χ2n) is 5.49. The highest BCUT2D eigenvalue weighted by atomic mass is 35.5. The third-order valence-corrected chi connectivity index (χ3v) is 3.77. The van der Waals surface area contributed by atoms with Crippen LogP contribution < -0.4 is 10.2 Å². The maximum Gasteiger partial charge on any atom is 0.343 e. The molecule has 0 spiro atoms. The van der Waals surface area contributed by atoms with E-state index >= 15 is 0 Å². The molecule has 1 heterocycles. The molecular weight excluding hydrogens is 384 g/mol. The molecule has 0 unspecified atom stereocenters. The van der Waals surface area contributed by atoms with Crippen molar-refractivity contribution in [2.75, 3.05) is 5.43 Å². The van der Waals surface area contributed by atoms with Crippen LogP contribution in [0.15, 0.2) is 72.0 Å². The van der Waals surface area contributed by atoms with Gasteiger partial charge in [-0.25, -0.2) is 9.78 Å². The lowest BCUT2D eigenvalue weighted by Crippen LogP contribution is -2.08. The van der Waals surface area contributed by atoms with E-state index in [0.29, 0.717) is 22.2 Å². The van der Waals surface area contributed by atoms with Crippen LogP contribution in [0.5, 0.6) is 5.75 Å². The van der Waals surface area contributed by atoms with Gasteiger partial charge in [0.15, 0.2) is 0 Å². The first kappa shape index (κ1) is 19.0. The number of hydrogen-bond donors (Lipinski definition) is 1. The van der Waals surface area contributed by atoms with Crippen molar-refractivity contribution in [3.05, 3.63) is 93.1 Å². The van der Waals surface area contributed by atoms with E-state index in [-0.39, 0.29) is 5.69 Å². The molecule has 0 aliphatic rings. The summed E-state index contributed by atoms with van der Waals surface area (Å²) in [5.41, 5.74) is 3.72. The minimum Gasteiger partial charge on any atom is -0.423 e. The zero-order chi connectivity index (χ0) is 19.9. The number of pyridine rings is 1. The highest BCUT2D eigenvalue weighted by Gasteiger charge is 2.08. The maximum atomic E-state index is 12.1. The number of ether oxygens (including phenoxy) is 1. The summed E-state index contributed by atoms with van der Waals surface area (Å²) in [6.45, 7) is 0. The number of hydrazone groups is 1. The Kier molecular flexibility index (Phi) is 5.93. The van der Waals surface area contributed by atoms with E-state index in [1.165, 1.54) is 18.3 Å². The van der Waals surface area contributed by atoms with Crippen molar-refractivity contribution in [1.82, 2.24) is 4.98 Å². The van der Waals surface area contributed by atoms with E-state index in [0.717, 1.165) is 11.8 Å². The average Bonchev–Trinajstić information content (AvgIpc) is 2.70. The number of benzene rings is 2. The van der Waals surface area contributed by atoms with Gasteiger partial charge in [0.2, 0.25) is 0 Å². The lowest BCUT2D eigenvalue weighted by atomic mass is 10.2. The monoisotopic (exact) mass is 396 g/mol. The first-order chi connectivity index (χ1) is 13.5. The van der Waals surface area contributed by atoms with Crippen LogP contribution in [0, 0.1) is 10.1 Å². The molecule has 0 amide bonds. The van der Waals surface area contributed by atoms with E-state index in [2.05, 4.69) is 15.5 Å². The molecule has 0 radical (unpaired) electrons. The SMILES string of the molecule is O=C(Oc1ccc(/C=N\Nc2ccc([N+](=O)[O-])cn2)cc1)c1ccc(Cl)cc1. The van der Waals surface area contributed by atoms with Crippen LogP contribution in [-0.2, 0) is 0 Å². The molecule has 0 saturated carbocycles. The van der Waals surface area contributed by atoms with Crippen molar-refractivity contribution < 1.29 is 14.5 Å². The molecule has 2 aromatic carbocycles. The Labute approximate surface area is 164 Å². The van der Waals surface area contributed by atoms with Crippen LogP contribution in [0.1, 0.15) is 15.9 Å². The van der Waals surface area contributed by atoms with Gasteiger partial charge in [0, 0.05) is 11.1 Å². The highest BCUT2D eigenvalue weighted by Crippen LogP contribution is 2.16. The number of halogens is 1. The van der Waals surface area contributed by atoms with Gasteiger partial charge in [-0.2, -0.15) is 5.10 Å². The molecule has 1 N–H and O–H groups in total. The molecular formula is C19H13ClN4O4. The Hall–Kier alpha value is -3.78. The Bertz CT molecular complexity index is 1000. The first-order valence-corrected chi connectivity index (χ1v) is 8.36. The zero-order valence-corrected chi connectivity index (χ0v) is 15.0. The van der Waals surface area contributed by atoms with Crippen LogP contribution in [0.4, 0.5) is 11.5 Å². The van der Waals surface area contributed by atoms with E-state index in [1.54, 1.807) is 48.5 Å². The quantitative estimate of drug-likeness (QED) is 0.219. The molecule has 140 valence electrons. The molecule has 8 nitrogen and oxygen atoms in total. The van der Waals surface area contributed by atoms with Gasteiger partial charge in [-0.3, -0.25) is 15.5 Å². The van der Waals surface area contributed by atoms with Crippen molar-refractivity contribution in [2.45, 2.75) is 0 Å². The van der Waals surface area contributed by atoms with Crippen molar-refractivity contribution >= 4 is 35.3 Å². The Balaban J connectivity index is 1.56. The van der Waals surface area contributed by atoms with Gasteiger partial charge in [-0.05, 0) is 60.2 Å². The summed E-state index contributed by atoms with van der Waals surface area (Å²) < 4.78 is 5.29. The number of anilines is 1. The fourth-order valence-corrected chi connectivity index (χ4v) is 2.23. The fourth-order valence-electron chi connectivity index (χ4n) is 2.11. The van der Waals surface area contributed by atoms with E-state index in [9.17, 15) is 14.9 Å². The first-order valence-electron chi connectivity index (χ1n) is 7.98. The number of nitrogens with one attached hydrogen (secondary N) is 1. The molecule has 0 saturated heterocycles. The van der Waals surface area contributed by atoms with Gasteiger partial charge in [0.05, 0.1) is 16.7 Å². The molecule has 3 aromatic rings. The topological polar surface area (TPSA) is 107 Å². The molecule has 28 heavy (non-hydrogen) atoms. The molecule has 0 aliphatic heterocycles. The lowest BCUT2D eigenvalue weighted by Gasteiger charge is -2.04. The highest BCUT2D eigenvalue weighted by molar-refractivity contribution is 6.30. The summed E-state index contributed by atoms with van der Waals surface area (Å²) in [5.74, 6) is 0.279. The summed E-state index contributed by atoms with van der Waals surface area (Å²) in [6, 6.07) is 15.9. The van der Waals surface area contributed by atoms with E-state index in [4.69, 9.17) is 16.3 Å². The van der Waals surface area contributed by atoms with Crippen LogP contribution in [0.25, 0.3) is 0 Å². The molecule has 9 heteroatoms. The van der Waals surface area contributed by atoms with Crippen molar-refractivity contribution in [3.8, 4) is 5.75 Å². The number of carbonyl (C=O) groups is 1. The predicted octanol–water partition coefficient (Wildman–Crippen LogP) is 4.31. The Morgan fingerprint density at radius 2 is 1.82 bits per heavy atom. The van der Waals surface area contributed by atoms with Gasteiger partial charge in [-0.15, -0.1) is 0 Å². The van der Waals surface area contributed by atoms with Gasteiger partial charge >= 0.3 is 5.97 Å². The minimum absolute atomic E-state index is 0.0988. The molecule has 0 aliphatic carbocycles. The molecule has 1 aromatic heterocycles. The molecule has 0 bridgehead atoms. The average molecular weight is 397 g/mol. The largest absolute Gasteiger partial charge is 0.423 e. The zero-order valence-electron chi connectivity index (χ0n) is 14.3. The third kappa shape index (κ3) is 5.12. The summed E-state index contributed by atoms with van der Waals surface area (Å²) in [6.07, 6.45) is 2.68. The maximum absolute atomic E-state index is 12.1.